The highest BCUT2D eigenvalue weighted by atomic mass is 35.5. The Kier molecular flexibility index (Phi) is 6.75. The fourth-order valence-electron chi connectivity index (χ4n) is 2.74. The van der Waals surface area contributed by atoms with Crippen LogP contribution in [0.25, 0.3) is 5.69 Å². The highest BCUT2D eigenvalue weighted by molar-refractivity contribution is 7.99. The van der Waals surface area contributed by atoms with Crippen LogP contribution in [0.4, 0.5) is 0 Å². The average Bonchev–Trinajstić information content (AvgIpc) is 3.10. The van der Waals surface area contributed by atoms with Gasteiger partial charge in [0, 0.05) is 23.8 Å². The molecule has 0 radical (unpaired) electrons. The van der Waals surface area contributed by atoms with E-state index in [0.717, 1.165) is 11.5 Å². The average molecular weight is 410 g/mol. The van der Waals surface area contributed by atoms with Crippen LogP contribution in [0.2, 0.25) is 5.02 Å². The Morgan fingerprint density at radius 3 is 2.56 bits per heavy atom. The van der Waals surface area contributed by atoms with Gasteiger partial charge in [-0.25, -0.2) is 0 Å². The van der Waals surface area contributed by atoms with E-state index in [2.05, 4.69) is 22.0 Å². The molecule has 0 spiro atoms. The van der Waals surface area contributed by atoms with Gasteiger partial charge in [-0.2, -0.15) is 0 Å². The summed E-state index contributed by atoms with van der Waals surface area (Å²) in [6.45, 7) is 4.56. The molecule has 2 heterocycles. The van der Waals surface area contributed by atoms with E-state index >= 15 is 0 Å². The molecule has 1 aliphatic heterocycles. The summed E-state index contributed by atoms with van der Waals surface area (Å²) in [4.78, 5) is 16.4. The highest BCUT2D eigenvalue weighted by Gasteiger charge is 2.23. The van der Waals surface area contributed by atoms with Crippen molar-refractivity contribution in [3.63, 3.8) is 0 Å². The second-order valence-electron chi connectivity index (χ2n) is 6.57. The molecule has 1 atom stereocenters. The molecular weight excluding hydrogens is 386 g/mol. The minimum atomic E-state index is 0.0671. The van der Waals surface area contributed by atoms with Crippen molar-refractivity contribution >= 4 is 29.3 Å². The second-order valence-corrected chi connectivity index (χ2v) is 7.95. The summed E-state index contributed by atoms with van der Waals surface area (Å²) in [5.41, 5.74) is 0.925. The summed E-state index contributed by atoms with van der Waals surface area (Å²) in [5, 5.41) is 10.1. The molecule has 1 fully saturated rings. The number of carbonyl (C=O) groups is 1. The van der Waals surface area contributed by atoms with Crippen molar-refractivity contribution in [1.29, 1.82) is 0 Å². The number of hydrogen-bond donors (Lipinski definition) is 0. The van der Waals surface area contributed by atoms with Gasteiger partial charge in [0.1, 0.15) is 0 Å². The molecular formula is C18H24ClN5O2S. The first-order valence-corrected chi connectivity index (χ1v) is 10.2. The second kappa shape index (κ2) is 9.05. The zero-order valence-electron chi connectivity index (χ0n) is 15.8. The molecule has 1 saturated heterocycles. The minimum Gasteiger partial charge on any atom is -0.378 e. The van der Waals surface area contributed by atoms with Gasteiger partial charge in [0.2, 0.25) is 5.91 Å². The number of thioether (sulfide) groups is 1. The van der Waals surface area contributed by atoms with Gasteiger partial charge in [-0.1, -0.05) is 23.4 Å². The number of hydrogen-bond acceptors (Lipinski definition) is 6. The van der Waals surface area contributed by atoms with Crippen LogP contribution in [0.15, 0.2) is 29.4 Å². The first-order valence-electron chi connectivity index (χ1n) is 8.83. The smallest absolute Gasteiger partial charge is 0.233 e. The molecule has 146 valence electrons. The quantitative estimate of drug-likeness (QED) is 0.683. The van der Waals surface area contributed by atoms with E-state index in [9.17, 15) is 4.79 Å². The van der Waals surface area contributed by atoms with Crippen molar-refractivity contribution in [2.75, 3.05) is 46.2 Å². The lowest BCUT2D eigenvalue weighted by Crippen LogP contribution is -2.41. The largest absolute Gasteiger partial charge is 0.378 e. The number of nitrogens with zero attached hydrogens (tertiary/aromatic N) is 5. The lowest BCUT2D eigenvalue weighted by molar-refractivity contribution is -0.132. The summed E-state index contributed by atoms with van der Waals surface area (Å²) in [5.74, 6) is 1.24. The first kappa shape index (κ1) is 20.1. The highest BCUT2D eigenvalue weighted by Crippen LogP contribution is 2.27. The van der Waals surface area contributed by atoms with Crippen LogP contribution >= 0.6 is 23.4 Å². The molecule has 1 unspecified atom stereocenters. The van der Waals surface area contributed by atoms with Crippen LogP contribution in [0.5, 0.6) is 0 Å². The van der Waals surface area contributed by atoms with E-state index in [1.54, 1.807) is 0 Å². The van der Waals surface area contributed by atoms with Gasteiger partial charge in [-0.15, -0.1) is 10.2 Å². The Morgan fingerprint density at radius 1 is 1.26 bits per heavy atom. The molecule has 0 N–H and O–H groups in total. The first-order chi connectivity index (χ1) is 13.0. The maximum atomic E-state index is 12.5. The Morgan fingerprint density at radius 2 is 1.93 bits per heavy atom. The van der Waals surface area contributed by atoms with E-state index in [-0.39, 0.29) is 11.9 Å². The fourth-order valence-corrected chi connectivity index (χ4v) is 3.73. The zero-order valence-corrected chi connectivity index (χ0v) is 17.3. The Bertz CT molecular complexity index is 775. The lowest BCUT2D eigenvalue weighted by Gasteiger charge is -2.26. The molecule has 1 amide bonds. The number of ether oxygens (including phenoxy) is 1. The van der Waals surface area contributed by atoms with E-state index in [1.807, 2.05) is 47.8 Å². The summed E-state index contributed by atoms with van der Waals surface area (Å²) >= 11 is 7.44. The van der Waals surface area contributed by atoms with Crippen LogP contribution in [0, 0.1) is 0 Å². The summed E-state index contributed by atoms with van der Waals surface area (Å²) < 4.78 is 7.31. The minimum absolute atomic E-state index is 0.0671. The third-order valence-corrected chi connectivity index (χ3v) is 5.75. The molecule has 7 nitrogen and oxygen atoms in total. The molecule has 27 heavy (non-hydrogen) atoms. The van der Waals surface area contributed by atoms with Crippen molar-refractivity contribution in [2.24, 2.45) is 0 Å². The Labute approximate surface area is 168 Å². The number of amides is 1. The monoisotopic (exact) mass is 409 g/mol. The van der Waals surface area contributed by atoms with E-state index in [0.29, 0.717) is 42.2 Å². The zero-order chi connectivity index (χ0) is 19.4. The number of halogens is 1. The maximum absolute atomic E-state index is 12.5. The van der Waals surface area contributed by atoms with Crippen LogP contribution in [-0.4, -0.2) is 76.6 Å². The fraction of sp³-hybridized carbons (Fsp3) is 0.500. The van der Waals surface area contributed by atoms with Crippen molar-refractivity contribution in [1.82, 2.24) is 24.6 Å². The van der Waals surface area contributed by atoms with Gasteiger partial charge in [-0.05, 0) is 45.3 Å². The predicted molar refractivity (Wildman–Crippen MR) is 107 cm³/mol. The standard InChI is InChI=1S/C18H24ClN5O2S/c1-13(22(2)3)17-20-21-18(24(17)15-6-4-14(19)5-7-15)27-12-16(25)23-8-10-26-11-9-23/h4-7,13H,8-12H2,1-3H3. The van der Waals surface area contributed by atoms with Gasteiger partial charge in [0.15, 0.2) is 11.0 Å². The number of morpholine rings is 1. The van der Waals surface area contributed by atoms with Gasteiger partial charge in [-0.3, -0.25) is 14.3 Å². The van der Waals surface area contributed by atoms with Gasteiger partial charge in [0.05, 0.1) is 25.0 Å². The number of rotatable bonds is 6. The maximum Gasteiger partial charge on any atom is 0.233 e. The Balaban J connectivity index is 1.83. The lowest BCUT2D eigenvalue weighted by atomic mass is 10.2. The predicted octanol–water partition coefficient (Wildman–Crippen LogP) is 2.49. The van der Waals surface area contributed by atoms with Crippen molar-refractivity contribution in [3.8, 4) is 5.69 Å². The van der Waals surface area contributed by atoms with Gasteiger partial charge in [0.25, 0.3) is 0 Å². The van der Waals surface area contributed by atoms with E-state index < -0.39 is 0 Å². The molecule has 1 aliphatic rings. The molecule has 1 aromatic heterocycles. The van der Waals surface area contributed by atoms with Crippen LogP contribution in [0.1, 0.15) is 18.8 Å². The van der Waals surface area contributed by atoms with Crippen LogP contribution in [0.3, 0.4) is 0 Å². The van der Waals surface area contributed by atoms with Gasteiger partial charge < -0.3 is 9.64 Å². The van der Waals surface area contributed by atoms with Gasteiger partial charge >= 0.3 is 0 Å². The molecule has 1 aromatic carbocycles. The molecule has 0 aliphatic carbocycles. The van der Waals surface area contributed by atoms with Crippen molar-refractivity contribution in [3.05, 3.63) is 35.1 Å². The molecule has 3 rings (SSSR count). The third kappa shape index (κ3) is 4.82. The SMILES string of the molecule is CC(c1nnc(SCC(=O)N2CCOCC2)n1-c1ccc(Cl)cc1)N(C)C. The Hall–Kier alpha value is -1.61. The normalized spacial score (nSPS) is 16.0. The summed E-state index contributed by atoms with van der Waals surface area (Å²) in [6, 6.07) is 7.62. The number of benzene rings is 1. The van der Waals surface area contributed by atoms with Crippen LogP contribution in [-0.2, 0) is 9.53 Å². The molecule has 9 heteroatoms. The number of aromatic nitrogens is 3. The molecule has 0 saturated carbocycles. The van der Waals surface area contributed by atoms with Crippen LogP contribution < -0.4 is 0 Å². The summed E-state index contributed by atoms with van der Waals surface area (Å²) in [7, 11) is 4.00. The van der Waals surface area contributed by atoms with E-state index in [1.165, 1.54) is 11.8 Å². The van der Waals surface area contributed by atoms with Crippen molar-refractivity contribution < 1.29 is 9.53 Å². The summed E-state index contributed by atoms with van der Waals surface area (Å²) in [6.07, 6.45) is 0. The molecule has 0 bridgehead atoms. The number of carbonyl (C=O) groups excluding carboxylic acids is 1. The van der Waals surface area contributed by atoms with Crippen molar-refractivity contribution in [2.45, 2.75) is 18.1 Å². The third-order valence-electron chi connectivity index (χ3n) is 4.58. The van der Waals surface area contributed by atoms with E-state index in [4.69, 9.17) is 16.3 Å². The topological polar surface area (TPSA) is 63.5 Å². The molecule has 2 aromatic rings.